The molecule has 0 saturated heterocycles. The van der Waals surface area contributed by atoms with Gasteiger partial charge in [0.2, 0.25) is 5.17 Å². The molecule has 0 radical (unpaired) electrons. The summed E-state index contributed by atoms with van der Waals surface area (Å²) in [6.45, 7) is 2.04. The summed E-state index contributed by atoms with van der Waals surface area (Å²) in [6.07, 6.45) is 0. The van der Waals surface area contributed by atoms with E-state index < -0.39 is 0 Å². The van der Waals surface area contributed by atoms with Gasteiger partial charge < -0.3 is 10.6 Å². The first-order chi connectivity index (χ1) is 9.47. The van der Waals surface area contributed by atoms with Crippen molar-refractivity contribution in [3.05, 3.63) is 23.8 Å². The molecule has 0 heterocycles. The molecule has 20 heavy (non-hydrogen) atoms. The van der Waals surface area contributed by atoms with Crippen LogP contribution in [-0.2, 0) is 0 Å². The molecule has 0 fully saturated rings. The maximum Gasteiger partial charge on any atom is 0.211 e. The summed E-state index contributed by atoms with van der Waals surface area (Å²) in [5.74, 6) is 0. The SMILES string of the molecule is CN=C(N)SC(N=Nc1ccc(N(C)C)c(C)c1)=NC. The first-order valence-corrected chi connectivity index (χ1v) is 6.86. The van der Waals surface area contributed by atoms with Crippen molar-refractivity contribution >= 4 is 33.5 Å². The Bertz CT molecular complexity index is 548. The highest BCUT2D eigenvalue weighted by Crippen LogP contribution is 2.24. The fourth-order valence-electron chi connectivity index (χ4n) is 1.55. The average Bonchev–Trinajstić information content (AvgIpc) is 2.42. The first-order valence-electron chi connectivity index (χ1n) is 6.04. The van der Waals surface area contributed by atoms with Crippen LogP contribution in [0.2, 0.25) is 0 Å². The minimum absolute atomic E-state index is 0.406. The van der Waals surface area contributed by atoms with Crippen LogP contribution in [-0.4, -0.2) is 38.5 Å². The zero-order valence-corrected chi connectivity index (χ0v) is 13.3. The van der Waals surface area contributed by atoms with E-state index in [0.717, 1.165) is 16.9 Å². The van der Waals surface area contributed by atoms with Gasteiger partial charge in [0.15, 0.2) is 5.17 Å². The summed E-state index contributed by atoms with van der Waals surface area (Å²) in [5.41, 5.74) is 8.70. The van der Waals surface area contributed by atoms with E-state index in [2.05, 4.69) is 25.1 Å². The Morgan fingerprint density at radius 2 is 1.90 bits per heavy atom. The number of nitrogens with two attached hydrogens (primary N) is 1. The topological polar surface area (TPSA) is 78.7 Å². The maximum absolute atomic E-state index is 5.62. The summed E-state index contributed by atoms with van der Waals surface area (Å²) >= 11 is 1.19. The van der Waals surface area contributed by atoms with Crippen LogP contribution in [0, 0.1) is 6.92 Å². The van der Waals surface area contributed by atoms with Gasteiger partial charge in [-0.25, -0.2) is 0 Å². The number of anilines is 1. The Labute approximate surface area is 123 Å². The molecule has 6 nitrogen and oxygen atoms in total. The first kappa shape index (κ1) is 16.2. The van der Waals surface area contributed by atoms with E-state index >= 15 is 0 Å². The lowest BCUT2D eigenvalue weighted by molar-refractivity contribution is 1.11. The van der Waals surface area contributed by atoms with Crippen LogP contribution >= 0.6 is 11.8 Å². The largest absolute Gasteiger partial charge is 0.378 e. The number of aryl methyl sites for hydroxylation is 1. The molecule has 0 spiro atoms. The second kappa shape index (κ2) is 7.64. The molecule has 1 rings (SSSR count). The Morgan fingerprint density at radius 3 is 2.40 bits per heavy atom. The Balaban J connectivity index is 2.87. The van der Waals surface area contributed by atoms with Gasteiger partial charge >= 0.3 is 0 Å². The molecule has 7 heteroatoms. The lowest BCUT2D eigenvalue weighted by atomic mass is 10.1. The number of aliphatic imine (C=N–C) groups is 2. The number of amidine groups is 2. The fourth-order valence-corrected chi connectivity index (χ4v) is 2.01. The van der Waals surface area contributed by atoms with Crippen LogP contribution in [0.1, 0.15) is 5.56 Å². The van der Waals surface area contributed by atoms with E-state index in [-0.39, 0.29) is 0 Å². The monoisotopic (exact) mass is 292 g/mol. The molecule has 0 bridgehead atoms. The molecule has 0 aromatic heterocycles. The van der Waals surface area contributed by atoms with Gasteiger partial charge in [-0.1, -0.05) is 0 Å². The van der Waals surface area contributed by atoms with E-state index in [4.69, 9.17) is 5.73 Å². The van der Waals surface area contributed by atoms with E-state index in [1.165, 1.54) is 11.8 Å². The van der Waals surface area contributed by atoms with E-state index in [9.17, 15) is 0 Å². The van der Waals surface area contributed by atoms with Gasteiger partial charge in [0, 0.05) is 33.9 Å². The molecule has 0 unspecified atom stereocenters. The molecule has 108 valence electrons. The number of thioether (sulfide) groups is 1. The number of benzene rings is 1. The van der Waals surface area contributed by atoms with E-state index in [0.29, 0.717) is 10.3 Å². The third kappa shape index (κ3) is 4.65. The molecule has 2 N–H and O–H groups in total. The number of nitrogens with zero attached hydrogens (tertiary/aromatic N) is 5. The van der Waals surface area contributed by atoms with Gasteiger partial charge in [0.25, 0.3) is 0 Å². The quantitative estimate of drug-likeness (QED) is 0.517. The highest BCUT2D eigenvalue weighted by Gasteiger charge is 2.03. The van der Waals surface area contributed by atoms with Crippen molar-refractivity contribution < 1.29 is 0 Å². The van der Waals surface area contributed by atoms with E-state index in [1.807, 2.05) is 39.2 Å². The molecule has 0 saturated carbocycles. The molecule has 1 aromatic carbocycles. The molecule has 0 aliphatic carbocycles. The second-order valence-corrected chi connectivity index (χ2v) is 5.22. The zero-order valence-electron chi connectivity index (χ0n) is 12.5. The molecule has 1 aromatic rings. The molecule has 0 amide bonds. The van der Waals surface area contributed by atoms with Gasteiger partial charge in [-0.3, -0.25) is 9.98 Å². The summed E-state index contributed by atoms with van der Waals surface area (Å²) < 4.78 is 0. The molecular weight excluding hydrogens is 272 g/mol. The lowest BCUT2D eigenvalue weighted by Gasteiger charge is -2.15. The van der Waals surface area contributed by atoms with Crippen molar-refractivity contribution in [1.82, 2.24) is 0 Å². The van der Waals surface area contributed by atoms with E-state index in [1.54, 1.807) is 14.1 Å². The predicted molar refractivity (Wildman–Crippen MR) is 88.5 cm³/mol. The van der Waals surface area contributed by atoms with Gasteiger partial charge in [0.05, 0.1) is 5.69 Å². The summed E-state index contributed by atoms with van der Waals surface area (Å²) in [6, 6.07) is 5.91. The molecule has 0 aliphatic rings. The highest BCUT2D eigenvalue weighted by atomic mass is 32.2. The van der Waals surface area contributed by atoms with Crippen LogP contribution in [0.25, 0.3) is 0 Å². The minimum Gasteiger partial charge on any atom is -0.378 e. The number of hydrogen-bond acceptors (Lipinski definition) is 5. The van der Waals surface area contributed by atoms with Gasteiger partial charge in [-0.05, 0) is 42.4 Å². The summed E-state index contributed by atoms with van der Waals surface area (Å²) in [7, 11) is 7.28. The second-order valence-electron chi connectivity index (χ2n) is 4.24. The lowest BCUT2D eigenvalue weighted by Crippen LogP contribution is -2.09. The Kier molecular flexibility index (Phi) is 6.17. The van der Waals surface area contributed by atoms with Crippen molar-refractivity contribution in [2.75, 3.05) is 33.1 Å². The summed E-state index contributed by atoms with van der Waals surface area (Å²) in [4.78, 5) is 9.91. The maximum atomic E-state index is 5.62. The van der Waals surface area contributed by atoms with Crippen molar-refractivity contribution in [2.24, 2.45) is 25.9 Å². The zero-order chi connectivity index (χ0) is 15.1. The van der Waals surface area contributed by atoms with Crippen LogP contribution in [0.3, 0.4) is 0 Å². The Hall–Kier alpha value is -1.89. The van der Waals surface area contributed by atoms with Gasteiger partial charge in [-0.15, -0.1) is 10.2 Å². The highest BCUT2D eigenvalue weighted by molar-refractivity contribution is 8.26. The molecular formula is C13H20N6S. The summed E-state index contributed by atoms with van der Waals surface area (Å²) in [5, 5.41) is 9.13. The smallest absolute Gasteiger partial charge is 0.211 e. The van der Waals surface area contributed by atoms with Crippen LogP contribution in [0.4, 0.5) is 11.4 Å². The molecule has 0 aliphatic heterocycles. The van der Waals surface area contributed by atoms with Crippen LogP contribution in [0.5, 0.6) is 0 Å². The number of azo groups is 1. The standard InChI is InChI=1S/C13H20N6S/c1-9-8-10(6-7-11(9)19(4)5)17-18-13(16-3)20-12(14)15-2/h6-8H,1-5H3,(H2,14,15). The fraction of sp³-hybridized carbons (Fsp3) is 0.385. The van der Waals surface area contributed by atoms with Crippen molar-refractivity contribution in [2.45, 2.75) is 6.92 Å². The van der Waals surface area contributed by atoms with Gasteiger partial charge in [-0.2, -0.15) is 0 Å². The van der Waals surface area contributed by atoms with Crippen molar-refractivity contribution in [3.63, 3.8) is 0 Å². The Morgan fingerprint density at radius 1 is 1.20 bits per heavy atom. The van der Waals surface area contributed by atoms with Gasteiger partial charge in [0.1, 0.15) is 0 Å². The number of hydrogen-bond donors (Lipinski definition) is 1. The normalized spacial score (nSPS) is 13.1. The van der Waals surface area contributed by atoms with Crippen molar-refractivity contribution in [3.8, 4) is 0 Å². The third-order valence-electron chi connectivity index (χ3n) is 2.52. The van der Waals surface area contributed by atoms with Crippen molar-refractivity contribution in [1.29, 1.82) is 0 Å². The molecule has 0 atom stereocenters. The van der Waals surface area contributed by atoms with Crippen LogP contribution < -0.4 is 10.6 Å². The predicted octanol–water partition coefficient (Wildman–Crippen LogP) is 2.81. The minimum atomic E-state index is 0.406. The van der Waals surface area contributed by atoms with Crippen LogP contribution in [0.15, 0.2) is 38.4 Å². The third-order valence-corrected chi connectivity index (χ3v) is 3.36. The number of rotatable bonds is 2. The average molecular weight is 292 g/mol.